The van der Waals surface area contributed by atoms with Gasteiger partial charge in [0.2, 0.25) is 0 Å². The Morgan fingerprint density at radius 2 is 1.80 bits per heavy atom. The number of carbonyl (C=O) groups is 1. The van der Waals surface area contributed by atoms with Gasteiger partial charge in [-0.25, -0.2) is 9.18 Å². The molecule has 4 aliphatic rings. The largest absolute Gasteiger partial charge is 0.496 e. The molecule has 4 fully saturated rings. The van der Waals surface area contributed by atoms with Crippen molar-refractivity contribution in [2.75, 3.05) is 7.11 Å². The van der Waals surface area contributed by atoms with Gasteiger partial charge in [0, 0.05) is 11.6 Å². The lowest BCUT2D eigenvalue weighted by Crippen LogP contribution is -2.57. The lowest BCUT2D eigenvalue weighted by molar-refractivity contribution is -0.00950. The summed E-state index contributed by atoms with van der Waals surface area (Å²) >= 11 is 0. The molecule has 136 valence electrons. The summed E-state index contributed by atoms with van der Waals surface area (Å²) in [6, 6.07) is 4.21. The average molecular weight is 346 g/mol. The van der Waals surface area contributed by atoms with Crippen molar-refractivity contribution in [2.45, 2.75) is 51.1 Å². The number of urea groups is 1. The second kappa shape index (κ2) is 6.50. The second-order valence-corrected chi connectivity index (χ2v) is 8.18. The molecule has 1 unspecified atom stereocenters. The minimum absolute atomic E-state index is 0.156. The first-order valence-corrected chi connectivity index (χ1v) is 9.44. The summed E-state index contributed by atoms with van der Waals surface area (Å²) in [4.78, 5) is 12.5. The van der Waals surface area contributed by atoms with Crippen LogP contribution < -0.4 is 15.4 Å². The van der Waals surface area contributed by atoms with E-state index in [9.17, 15) is 9.18 Å². The molecule has 0 saturated heterocycles. The summed E-state index contributed by atoms with van der Waals surface area (Å²) < 4.78 is 18.9. The number of methoxy groups -OCH3 is 1. The van der Waals surface area contributed by atoms with E-state index in [2.05, 4.69) is 10.6 Å². The van der Waals surface area contributed by atoms with Crippen molar-refractivity contribution in [3.63, 3.8) is 0 Å². The van der Waals surface area contributed by atoms with Gasteiger partial charge in [-0.15, -0.1) is 0 Å². The molecule has 1 aromatic rings. The number of benzene rings is 1. The number of hydrogen-bond acceptors (Lipinski definition) is 2. The molecule has 0 spiro atoms. The van der Waals surface area contributed by atoms with Gasteiger partial charge in [-0.1, -0.05) is 0 Å². The van der Waals surface area contributed by atoms with Gasteiger partial charge in [0.25, 0.3) is 0 Å². The van der Waals surface area contributed by atoms with E-state index in [0.29, 0.717) is 29.2 Å². The summed E-state index contributed by atoms with van der Waals surface area (Å²) in [6.45, 7) is 1.85. The minimum atomic E-state index is -0.328. The van der Waals surface area contributed by atoms with Crippen molar-refractivity contribution in [3.8, 4) is 5.75 Å². The lowest BCUT2D eigenvalue weighted by Gasteiger charge is -2.54. The van der Waals surface area contributed by atoms with Crippen molar-refractivity contribution in [1.29, 1.82) is 0 Å². The molecule has 4 bridgehead atoms. The van der Waals surface area contributed by atoms with Crippen LogP contribution in [0.3, 0.4) is 0 Å². The van der Waals surface area contributed by atoms with E-state index < -0.39 is 0 Å². The van der Waals surface area contributed by atoms with Crippen molar-refractivity contribution in [3.05, 3.63) is 29.6 Å². The number of carbonyl (C=O) groups excluding carboxylic acids is 1. The summed E-state index contributed by atoms with van der Waals surface area (Å²) in [5.41, 5.74) is 0.655. The molecule has 2 N–H and O–H groups in total. The van der Waals surface area contributed by atoms with E-state index in [1.54, 1.807) is 13.2 Å². The van der Waals surface area contributed by atoms with E-state index in [1.165, 1.54) is 44.2 Å². The highest BCUT2D eigenvalue weighted by atomic mass is 19.1. The monoisotopic (exact) mass is 346 g/mol. The van der Waals surface area contributed by atoms with Crippen LogP contribution in [0.1, 0.15) is 50.6 Å². The molecule has 0 radical (unpaired) electrons. The van der Waals surface area contributed by atoms with Crippen molar-refractivity contribution in [1.82, 2.24) is 10.6 Å². The average Bonchev–Trinajstić information content (AvgIpc) is 2.57. The molecule has 5 rings (SSSR count). The van der Waals surface area contributed by atoms with E-state index in [0.717, 1.165) is 11.8 Å². The van der Waals surface area contributed by atoms with Crippen LogP contribution in [0.25, 0.3) is 0 Å². The first-order chi connectivity index (χ1) is 12.0. The summed E-state index contributed by atoms with van der Waals surface area (Å²) in [6.07, 6.45) is 6.48. The van der Waals surface area contributed by atoms with Crippen LogP contribution in [0.5, 0.6) is 5.75 Å². The van der Waals surface area contributed by atoms with Gasteiger partial charge in [0.15, 0.2) is 0 Å². The highest BCUT2D eigenvalue weighted by Crippen LogP contribution is 2.53. The summed E-state index contributed by atoms with van der Waals surface area (Å²) in [7, 11) is 1.55. The lowest BCUT2D eigenvalue weighted by atomic mass is 9.54. The molecule has 4 saturated carbocycles. The molecule has 25 heavy (non-hydrogen) atoms. The molecular formula is C20H27FN2O2. The molecule has 1 atom stereocenters. The molecule has 5 heteroatoms. The van der Waals surface area contributed by atoms with Crippen molar-refractivity contribution < 1.29 is 13.9 Å². The first kappa shape index (κ1) is 16.7. The predicted octanol–water partition coefficient (Wildman–Crippen LogP) is 4.02. The maximum Gasteiger partial charge on any atom is 0.315 e. The molecule has 0 aliphatic heterocycles. The quantitative estimate of drug-likeness (QED) is 0.865. The SMILES string of the molecule is COc1ccc(F)cc1C(C)NC(=O)NC1C2CC3CC(C2)CC1C3. The minimum Gasteiger partial charge on any atom is -0.496 e. The number of ether oxygens (including phenoxy) is 1. The molecule has 0 heterocycles. The van der Waals surface area contributed by atoms with Gasteiger partial charge < -0.3 is 15.4 Å². The fraction of sp³-hybridized carbons (Fsp3) is 0.650. The van der Waals surface area contributed by atoms with Gasteiger partial charge >= 0.3 is 6.03 Å². The molecular weight excluding hydrogens is 319 g/mol. The Hall–Kier alpha value is -1.78. The maximum absolute atomic E-state index is 13.6. The normalized spacial score (nSPS) is 33.8. The number of rotatable bonds is 4. The Morgan fingerprint density at radius 1 is 1.16 bits per heavy atom. The molecule has 4 nitrogen and oxygen atoms in total. The summed E-state index contributed by atoms with van der Waals surface area (Å²) in [5, 5.41) is 6.19. The van der Waals surface area contributed by atoms with Crippen LogP contribution in [0.15, 0.2) is 18.2 Å². The highest BCUT2D eigenvalue weighted by Gasteiger charge is 2.48. The fourth-order valence-corrected chi connectivity index (χ4v) is 5.67. The third-order valence-electron chi connectivity index (χ3n) is 6.53. The van der Waals surface area contributed by atoms with Crippen molar-refractivity contribution >= 4 is 6.03 Å². The van der Waals surface area contributed by atoms with Crippen molar-refractivity contribution in [2.24, 2.45) is 23.7 Å². The fourth-order valence-electron chi connectivity index (χ4n) is 5.67. The molecule has 1 aromatic carbocycles. The zero-order valence-corrected chi connectivity index (χ0v) is 14.9. The first-order valence-electron chi connectivity index (χ1n) is 9.44. The molecule has 4 aliphatic carbocycles. The standard InChI is InChI=1S/C20H27FN2O2/c1-11(17-10-16(21)3-4-18(17)25-2)22-20(24)23-19-14-6-12-5-13(8-14)9-15(19)7-12/h3-4,10-15,19H,5-9H2,1-2H3,(H2,22,23,24). The van der Waals surface area contributed by atoms with E-state index in [4.69, 9.17) is 4.74 Å². The number of halogens is 1. The van der Waals surface area contributed by atoms with Crippen LogP contribution in [0.4, 0.5) is 9.18 Å². The molecule has 2 amide bonds. The Kier molecular flexibility index (Phi) is 4.34. The predicted molar refractivity (Wildman–Crippen MR) is 93.9 cm³/mol. The summed E-state index contributed by atoms with van der Waals surface area (Å²) in [5.74, 6) is 3.31. The third-order valence-corrected chi connectivity index (χ3v) is 6.53. The topological polar surface area (TPSA) is 50.4 Å². The number of nitrogens with one attached hydrogen (secondary N) is 2. The highest BCUT2D eigenvalue weighted by molar-refractivity contribution is 5.75. The second-order valence-electron chi connectivity index (χ2n) is 8.18. The van der Waals surface area contributed by atoms with Gasteiger partial charge in [-0.2, -0.15) is 0 Å². The van der Waals surface area contributed by atoms with Gasteiger partial charge in [0.1, 0.15) is 11.6 Å². The molecule has 0 aromatic heterocycles. The number of hydrogen-bond donors (Lipinski definition) is 2. The van der Waals surface area contributed by atoms with Crippen LogP contribution in [-0.4, -0.2) is 19.2 Å². The van der Waals surface area contributed by atoms with Crippen LogP contribution in [0, 0.1) is 29.5 Å². The van der Waals surface area contributed by atoms with Gasteiger partial charge in [-0.3, -0.25) is 0 Å². The Labute approximate surface area is 148 Å². The Bertz CT molecular complexity index is 635. The smallest absolute Gasteiger partial charge is 0.315 e. The van der Waals surface area contributed by atoms with Gasteiger partial charge in [0.05, 0.1) is 13.2 Å². The van der Waals surface area contributed by atoms with Crippen LogP contribution in [0.2, 0.25) is 0 Å². The Balaban J connectivity index is 1.40. The van der Waals surface area contributed by atoms with E-state index in [-0.39, 0.29) is 17.9 Å². The van der Waals surface area contributed by atoms with E-state index >= 15 is 0 Å². The van der Waals surface area contributed by atoms with E-state index in [1.807, 2.05) is 6.92 Å². The maximum atomic E-state index is 13.6. The Morgan fingerprint density at radius 3 is 2.40 bits per heavy atom. The van der Waals surface area contributed by atoms with Crippen LogP contribution in [-0.2, 0) is 0 Å². The third kappa shape index (κ3) is 3.21. The zero-order valence-electron chi connectivity index (χ0n) is 14.9. The zero-order chi connectivity index (χ0) is 17.6. The van der Waals surface area contributed by atoms with Gasteiger partial charge in [-0.05, 0) is 80.9 Å². The number of amides is 2. The van der Waals surface area contributed by atoms with Crippen LogP contribution >= 0.6 is 0 Å².